The largest absolute Gasteiger partial charge is 0.378 e. The van der Waals surface area contributed by atoms with Gasteiger partial charge in [-0.05, 0) is 11.6 Å². The first kappa shape index (κ1) is 18.1. The number of nitrogens with zero attached hydrogens (tertiary/aromatic N) is 5. The lowest BCUT2D eigenvalue weighted by atomic mass is 10.1. The molecule has 29 heavy (non-hydrogen) atoms. The molecule has 4 aromatic rings. The van der Waals surface area contributed by atoms with Crippen molar-refractivity contribution in [3.05, 3.63) is 60.3 Å². The van der Waals surface area contributed by atoms with Gasteiger partial charge in [0.2, 0.25) is 5.95 Å². The van der Waals surface area contributed by atoms with Crippen LogP contribution in [-0.2, 0) is 10.5 Å². The van der Waals surface area contributed by atoms with Crippen molar-refractivity contribution in [2.45, 2.75) is 10.9 Å². The minimum Gasteiger partial charge on any atom is -0.378 e. The first-order valence-electron chi connectivity index (χ1n) is 9.55. The van der Waals surface area contributed by atoms with E-state index in [9.17, 15) is 0 Å². The number of hydrogen-bond acceptors (Lipinski definition) is 7. The van der Waals surface area contributed by atoms with E-state index < -0.39 is 0 Å². The van der Waals surface area contributed by atoms with Crippen molar-refractivity contribution in [3.63, 3.8) is 0 Å². The fraction of sp³-hybridized carbons (Fsp3) is 0.238. The van der Waals surface area contributed by atoms with E-state index >= 15 is 0 Å². The lowest BCUT2D eigenvalue weighted by molar-refractivity contribution is 0.122. The quantitative estimate of drug-likeness (QED) is 0.510. The van der Waals surface area contributed by atoms with Crippen LogP contribution >= 0.6 is 11.8 Å². The molecule has 1 aliphatic rings. The van der Waals surface area contributed by atoms with E-state index in [0.717, 1.165) is 40.5 Å². The van der Waals surface area contributed by atoms with Crippen LogP contribution in [0.15, 0.2) is 59.9 Å². The number of thioether (sulfide) groups is 1. The van der Waals surface area contributed by atoms with Gasteiger partial charge in [0.1, 0.15) is 0 Å². The lowest BCUT2D eigenvalue weighted by Crippen LogP contribution is -2.37. The Hall–Kier alpha value is -2.97. The Morgan fingerprint density at radius 1 is 0.966 bits per heavy atom. The predicted octanol–water partition coefficient (Wildman–Crippen LogP) is 3.54. The molecule has 0 amide bonds. The number of ether oxygens (including phenoxy) is 1. The third kappa shape index (κ3) is 3.94. The molecule has 0 saturated carbocycles. The smallest absolute Gasteiger partial charge is 0.230 e. The van der Waals surface area contributed by atoms with Gasteiger partial charge in [-0.15, -0.1) is 0 Å². The summed E-state index contributed by atoms with van der Waals surface area (Å²) >= 11 is 1.62. The van der Waals surface area contributed by atoms with Crippen LogP contribution in [0, 0.1) is 0 Å². The molecule has 0 radical (unpaired) electrons. The SMILES string of the molecule is c1ccc(CSc2nc(-c3cccc4[nH]ncc34)nc(N3CCOCC3)n2)cc1. The number of rotatable bonds is 5. The Bertz CT molecular complexity index is 1110. The van der Waals surface area contributed by atoms with E-state index in [1.807, 2.05) is 42.6 Å². The third-order valence-electron chi connectivity index (χ3n) is 4.83. The normalized spacial score (nSPS) is 14.4. The highest BCUT2D eigenvalue weighted by molar-refractivity contribution is 7.98. The molecule has 1 N–H and O–H groups in total. The summed E-state index contributed by atoms with van der Waals surface area (Å²) in [6, 6.07) is 16.4. The summed E-state index contributed by atoms with van der Waals surface area (Å²) in [7, 11) is 0. The van der Waals surface area contributed by atoms with Gasteiger partial charge in [0.05, 0.1) is 24.9 Å². The second-order valence-electron chi connectivity index (χ2n) is 6.75. The minimum absolute atomic E-state index is 0.670. The fourth-order valence-electron chi connectivity index (χ4n) is 3.32. The number of anilines is 1. The van der Waals surface area contributed by atoms with Crippen molar-refractivity contribution in [1.29, 1.82) is 0 Å². The topological polar surface area (TPSA) is 79.8 Å². The predicted molar refractivity (Wildman–Crippen MR) is 114 cm³/mol. The lowest BCUT2D eigenvalue weighted by Gasteiger charge is -2.27. The molecule has 8 heteroatoms. The summed E-state index contributed by atoms with van der Waals surface area (Å²) in [5, 5.41) is 8.91. The second-order valence-corrected chi connectivity index (χ2v) is 7.69. The van der Waals surface area contributed by atoms with Crippen molar-refractivity contribution in [1.82, 2.24) is 25.1 Å². The Balaban J connectivity index is 1.53. The zero-order valence-corrected chi connectivity index (χ0v) is 16.6. The maximum absolute atomic E-state index is 5.49. The molecule has 2 aromatic carbocycles. The third-order valence-corrected chi connectivity index (χ3v) is 5.75. The van der Waals surface area contributed by atoms with Gasteiger partial charge in [0.25, 0.3) is 0 Å². The average molecular weight is 404 g/mol. The van der Waals surface area contributed by atoms with Crippen LogP contribution in [-0.4, -0.2) is 51.5 Å². The number of morpholine rings is 1. The van der Waals surface area contributed by atoms with E-state index in [1.54, 1.807) is 11.8 Å². The van der Waals surface area contributed by atoms with Crippen LogP contribution in [0.5, 0.6) is 0 Å². The molecule has 1 aliphatic heterocycles. The van der Waals surface area contributed by atoms with E-state index in [2.05, 4.69) is 27.2 Å². The Labute approximate surface area is 172 Å². The highest BCUT2D eigenvalue weighted by Gasteiger charge is 2.18. The summed E-state index contributed by atoms with van der Waals surface area (Å²) in [5.74, 6) is 2.18. The summed E-state index contributed by atoms with van der Waals surface area (Å²) in [5.41, 5.74) is 3.16. The molecule has 0 aliphatic carbocycles. The Kier molecular flexibility index (Phi) is 5.10. The highest BCUT2D eigenvalue weighted by atomic mass is 32.2. The molecule has 0 atom stereocenters. The zero-order valence-electron chi connectivity index (χ0n) is 15.8. The van der Waals surface area contributed by atoms with E-state index in [4.69, 9.17) is 19.7 Å². The van der Waals surface area contributed by atoms with Crippen molar-refractivity contribution in [3.8, 4) is 11.4 Å². The number of aromatic amines is 1. The number of aromatic nitrogens is 5. The van der Waals surface area contributed by atoms with Gasteiger partial charge in [0.15, 0.2) is 11.0 Å². The molecule has 0 spiro atoms. The van der Waals surface area contributed by atoms with Gasteiger partial charge < -0.3 is 9.64 Å². The van der Waals surface area contributed by atoms with Crippen LogP contribution in [0.3, 0.4) is 0 Å². The molecular formula is C21H20N6OS. The van der Waals surface area contributed by atoms with Gasteiger partial charge in [-0.2, -0.15) is 15.1 Å². The van der Waals surface area contributed by atoms with Crippen molar-refractivity contribution < 1.29 is 4.74 Å². The first-order valence-corrected chi connectivity index (χ1v) is 10.5. The summed E-state index contributed by atoms with van der Waals surface area (Å²) in [6.45, 7) is 2.93. The number of hydrogen-bond donors (Lipinski definition) is 1. The molecular weight excluding hydrogens is 384 g/mol. The van der Waals surface area contributed by atoms with Crippen molar-refractivity contribution in [2.75, 3.05) is 31.2 Å². The van der Waals surface area contributed by atoms with E-state index in [1.165, 1.54) is 5.56 Å². The molecule has 0 bridgehead atoms. The van der Waals surface area contributed by atoms with Crippen LogP contribution in [0.4, 0.5) is 5.95 Å². The Morgan fingerprint density at radius 2 is 1.83 bits per heavy atom. The molecule has 2 aromatic heterocycles. The van der Waals surface area contributed by atoms with Crippen LogP contribution < -0.4 is 4.90 Å². The fourth-order valence-corrected chi connectivity index (χ4v) is 4.11. The van der Waals surface area contributed by atoms with Crippen molar-refractivity contribution in [2.24, 2.45) is 0 Å². The van der Waals surface area contributed by atoms with Gasteiger partial charge in [-0.3, -0.25) is 5.10 Å². The summed E-state index contributed by atoms with van der Waals surface area (Å²) in [4.78, 5) is 16.5. The summed E-state index contributed by atoms with van der Waals surface area (Å²) in [6.07, 6.45) is 1.82. The van der Waals surface area contributed by atoms with E-state index in [-0.39, 0.29) is 0 Å². The van der Waals surface area contributed by atoms with Gasteiger partial charge in [-0.1, -0.05) is 54.2 Å². The van der Waals surface area contributed by atoms with Crippen molar-refractivity contribution >= 4 is 28.6 Å². The molecule has 1 saturated heterocycles. The molecule has 7 nitrogen and oxygen atoms in total. The number of nitrogens with one attached hydrogen (secondary N) is 1. The number of H-pyrrole nitrogens is 1. The van der Waals surface area contributed by atoms with Gasteiger partial charge >= 0.3 is 0 Å². The maximum atomic E-state index is 5.49. The average Bonchev–Trinajstić information content (AvgIpc) is 3.28. The van der Waals surface area contributed by atoms with Crippen LogP contribution in [0.1, 0.15) is 5.56 Å². The number of benzene rings is 2. The highest BCUT2D eigenvalue weighted by Crippen LogP contribution is 2.29. The summed E-state index contributed by atoms with van der Waals surface area (Å²) < 4.78 is 5.49. The standard InChI is InChI=1S/C21H20N6OS/c1-2-5-15(6-3-1)14-29-21-24-19(16-7-4-8-18-17(16)13-22-26-18)23-20(25-21)27-9-11-28-12-10-27/h1-8,13H,9-12,14H2,(H,22,26). The minimum atomic E-state index is 0.670. The molecule has 1 fully saturated rings. The first-order chi connectivity index (χ1) is 14.4. The molecule has 5 rings (SSSR count). The zero-order chi connectivity index (χ0) is 19.5. The molecule has 0 unspecified atom stereocenters. The van der Waals surface area contributed by atoms with E-state index in [0.29, 0.717) is 25.0 Å². The van der Waals surface area contributed by atoms with Gasteiger partial charge in [0, 0.05) is 29.8 Å². The second kappa shape index (κ2) is 8.18. The molecule has 146 valence electrons. The maximum Gasteiger partial charge on any atom is 0.230 e. The van der Waals surface area contributed by atoms with Gasteiger partial charge in [-0.25, -0.2) is 4.98 Å². The van der Waals surface area contributed by atoms with Crippen LogP contribution in [0.25, 0.3) is 22.3 Å². The number of fused-ring (bicyclic) bond motifs is 1. The molecule has 3 heterocycles. The van der Waals surface area contributed by atoms with Crippen LogP contribution in [0.2, 0.25) is 0 Å². The monoisotopic (exact) mass is 404 g/mol. The Morgan fingerprint density at radius 3 is 2.69 bits per heavy atom.